The molecule has 0 saturated heterocycles. The molecule has 0 unspecified atom stereocenters. The molecule has 4 aromatic heterocycles. The fraction of sp³-hybridized carbons (Fsp3) is 0.286. The van der Waals surface area contributed by atoms with E-state index in [1.54, 1.807) is 30.9 Å². The number of pyridine rings is 4. The Labute approximate surface area is 203 Å². The standard InChI is InChI=1S/C6H8N2.3C6H7N.4CH4/c1-5-3-2-4-6(7)8-5;1-6-2-4-7-5-3-6;1-6-3-2-4-7-5-6;1-6-4-2-3-5-7-6;;;;/h2-4H,1H3,(H2,7,8);3*2-5H,1H3;4*1H4. The van der Waals surface area contributed by atoms with E-state index < -0.39 is 0 Å². The monoisotopic (exact) mass is 451 g/mol. The summed E-state index contributed by atoms with van der Waals surface area (Å²) < 4.78 is 0. The number of hydrogen-bond donors (Lipinski definition) is 1. The summed E-state index contributed by atoms with van der Waals surface area (Å²) in [5.74, 6) is 0.588. The Kier molecular flexibility index (Phi) is 25.7. The number of nitrogen functional groups attached to an aromatic ring is 1. The maximum atomic E-state index is 5.35. The Morgan fingerprint density at radius 3 is 1.45 bits per heavy atom. The maximum absolute atomic E-state index is 5.35. The van der Waals surface area contributed by atoms with Gasteiger partial charge in [-0.05, 0) is 81.3 Å². The molecule has 0 aromatic carbocycles. The quantitative estimate of drug-likeness (QED) is 0.296. The molecule has 33 heavy (non-hydrogen) atoms. The highest BCUT2D eigenvalue weighted by molar-refractivity contribution is 5.28. The van der Waals surface area contributed by atoms with Crippen molar-refractivity contribution >= 4 is 5.82 Å². The van der Waals surface area contributed by atoms with Crippen LogP contribution in [0.3, 0.4) is 0 Å². The van der Waals surface area contributed by atoms with E-state index in [0.717, 1.165) is 11.4 Å². The number of aromatic nitrogens is 4. The minimum Gasteiger partial charge on any atom is -0.384 e. The molecule has 0 radical (unpaired) electrons. The van der Waals surface area contributed by atoms with Crippen molar-refractivity contribution in [2.45, 2.75) is 57.4 Å². The summed E-state index contributed by atoms with van der Waals surface area (Å²) in [6.45, 7) is 7.95. The molecule has 0 aliphatic carbocycles. The summed E-state index contributed by atoms with van der Waals surface area (Å²) in [5.41, 5.74) is 9.85. The van der Waals surface area contributed by atoms with E-state index in [-0.39, 0.29) is 29.7 Å². The number of nitrogens with zero attached hydrogens (tertiary/aromatic N) is 4. The lowest BCUT2D eigenvalue weighted by Crippen LogP contribution is -1.89. The van der Waals surface area contributed by atoms with Gasteiger partial charge in [-0.3, -0.25) is 15.0 Å². The zero-order valence-electron chi connectivity index (χ0n) is 17.5. The highest BCUT2D eigenvalue weighted by Crippen LogP contribution is 1.96. The van der Waals surface area contributed by atoms with Crippen molar-refractivity contribution in [3.05, 3.63) is 114 Å². The van der Waals surface area contributed by atoms with Crippen LogP contribution in [0.2, 0.25) is 0 Å². The van der Waals surface area contributed by atoms with Crippen molar-refractivity contribution < 1.29 is 0 Å². The third-order valence-corrected chi connectivity index (χ3v) is 3.38. The molecule has 0 spiro atoms. The normalized spacial score (nSPS) is 7.76. The molecule has 182 valence electrons. The zero-order chi connectivity index (χ0) is 21.3. The third-order valence-electron chi connectivity index (χ3n) is 3.38. The predicted octanol–water partition coefficient (Wildman–Crippen LogP) is 7.69. The first-order valence-electron chi connectivity index (χ1n) is 9.27. The first-order chi connectivity index (χ1) is 14.0. The Bertz CT molecular complexity index is 792. The minimum absolute atomic E-state index is 0. The van der Waals surface area contributed by atoms with Gasteiger partial charge in [-0.1, -0.05) is 47.9 Å². The fourth-order valence-corrected chi connectivity index (χ4v) is 1.89. The highest BCUT2D eigenvalue weighted by atomic mass is 14.8. The van der Waals surface area contributed by atoms with Crippen LogP contribution in [0.1, 0.15) is 52.2 Å². The molecule has 0 atom stereocenters. The van der Waals surface area contributed by atoms with Gasteiger partial charge in [0, 0.05) is 42.4 Å². The highest BCUT2D eigenvalue weighted by Gasteiger charge is 1.82. The van der Waals surface area contributed by atoms with Crippen LogP contribution in [0, 0.1) is 27.7 Å². The minimum atomic E-state index is 0. The second-order valence-electron chi connectivity index (χ2n) is 6.23. The van der Waals surface area contributed by atoms with E-state index in [1.807, 2.05) is 88.5 Å². The molecule has 0 bridgehead atoms. The van der Waals surface area contributed by atoms with Gasteiger partial charge in [0.25, 0.3) is 0 Å². The van der Waals surface area contributed by atoms with Crippen LogP contribution in [0.4, 0.5) is 5.82 Å². The summed E-state index contributed by atoms with van der Waals surface area (Å²) in [6.07, 6.45) is 8.97. The number of hydrogen-bond acceptors (Lipinski definition) is 5. The van der Waals surface area contributed by atoms with E-state index >= 15 is 0 Å². The van der Waals surface area contributed by atoms with Gasteiger partial charge in [0.2, 0.25) is 0 Å². The van der Waals surface area contributed by atoms with Crippen LogP contribution in [0.15, 0.2) is 91.6 Å². The van der Waals surface area contributed by atoms with Gasteiger partial charge in [-0.15, -0.1) is 0 Å². The number of nitrogens with two attached hydrogens (primary N) is 1. The first kappa shape index (κ1) is 36.8. The SMILES string of the molecule is C.C.C.C.Cc1cccc(N)n1.Cc1ccccn1.Cc1cccnc1.Cc1ccncc1. The molecule has 0 fully saturated rings. The Hall–Kier alpha value is -3.60. The van der Waals surface area contributed by atoms with Crippen molar-refractivity contribution in [3.63, 3.8) is 0 Å². The van der Waals surface area contributed by atoms with E-state index in [1.165, 1.54) is 11.1 Å². The van der Waals surface area contributed by atoms with Crippen LogP contribution >= 0.6 is 0 Å². The van der Waals surface area contributed by atoms with Crippen LogP contribution in [-0.2, 0) is 0 Å². The molecular formula is C28H45N5. The molecule has 4 heterocycles. The van der Waals surface area contributed by atoms with Gasteiger partial charge in [0.15, 0.2) is 0 Å². The van der Waals surface area contributed by atoms with Gasteiger partial charge >= 0.3 is 0 Å². The third kappa shape index (κ3) is 21.4. The van der Waals surface area contributed by atoms with Crippen molar-refractivity contribution in [3.8, 4) is 0 Å². The van der Waals surface area contributed by atoms with Gasteiger partial charge in [0.1, 0.15) is 5.82 Å². The lowest BCUT2D eigenvalue weighted by atomic mass is 10.3. The molecule has 2 N–H and O–H groups in total. The molecule has 0 saturated carbocycles. The second-order valence-corrected chi connectivity index (χ2v) is 6.23. The molecule has 4 aromatic rings. The number of rotatable bonds is 0. The average Bonchev–Trinajstić information content (AvgIpc) is 2.71. The summed E-state index contributed by atoms with van der Waals surface area (Å²) in [4.78, 5) is 15.7. The average molecular weight is 452 g/mol. The summed E-state index contributed by atoms with van der Waals surface area (Å²) in [6, 6.07) is 19.3. The first-order valence-corrected chi connectivity index (χ1v) is 9.27. The van der Waals surface area contributed by atoms with E-state index in [2.05, 4.69) is 19.9 Å². The largest absolute Gasteiger partial charge is 0.384 e. The van der Waals surface area contributed by atoms with Gasteiger partial charge in [-0.2, -0.15) is 0 Å². The zero-order valence-corrected chi connectivity index (χ0v) is 17.5. The van der Waals surface area contributed by atoms with Crippen molar-refractivity contribution in [1.82, 2.24) is 19.9 Å². The second kappa shape index (κ2) is 23.1. The molecular weight excluding hydrogens is 406 g/mol. The number of anilines is 1. The van der Waals surface area contributed by atoms with E-state index in [9.17, 15) is 0 Å². The van der Waals surface area contributed by atoms with Gasteiger partial charge in [-0.25, -0.2) is 4.98 Å². The van der Waals surface area contributed by atoms with Gasteiger partial charge in [0.05, 0.1) is 0 Å². The summed E-state index contributed by atoms with van der Waals surface area (Å²) in [7, 11) is 0. The van der Waals surface area contributed by atoms with E-state index in [4.69, 9.17) is 5.73 Å². The smallest absolute Gasteiger partial charge is 0.123 e. The maximum Gasteiger partial charge on any atom is 0.123 e. The van der Waals surface area contributed by atoms with Crippen LogP contribution < -0.4 is 5.73 Å². The summed E-state index contributed by atoms with van der Waals surface area (Å²) in [5, 5.41) is 0. The molecule has 0 aliphatic heterocycles. The number of aryl methyl sites for hydroxylation is 4. The van der Waals surface area contributed by atoms with Crippen molar-refractivity contribution in [2.75, 3.05) is 5.73 Å². The van der Waals surface area contributed by atoms with Crippen LogP contribution in [0.5, 0.6) is 0 Å². The topological polar surface area (TPSA) is 77.6 Å². The Morgan fingerprint density at radius 1 is 0.545 bits per heavy atom. The Morgan fingerprint density at radius 2 is 1.18 bits per heavy atom. The molecule has 4 rings (SSSR count). The fourth-order valence-electron chi connectivity index (χ4n) is 1.89. The molecule has 0 aliphatic rings. The van der Waals surface area contributed by atoms with Crippen LogP contribution in [-0.4, -0.2) is 19.9 Å². The van der Waals surface area contributed by atoms with Gasteiger partial charge < -0.3 is 5.73 Å². The van der Waals surface area contributed by atoms with Crippen molar-refractivity contribution in [1.29, 1.82) is 0 Å². The Balaban J connectivity index is -0.000000164. The van der Waals surface area contributed by atoms with E-state index in [0.29, 0.717) is 5.82 Å². The molecule has 0 amide bonds. The predicted molar refractivity (Wildman–Crippen MR) is 147 cm³/mol. The lowest BCUT2D eigenvalue weighted by Gasteiger charge is -1.90. The van der Waals surface area contributed by atoms with Crippen molar-refractivity contribution in [2.24, 2.45) is 0 Å². The molecule has 5 heteroatoms. The summed E-state index contributed by atoms with van der Waals surface area (Å²) >= 11 is 0. The van der Waals surface area contributed by atoms with Crippen LogP contribution in [0.25, 0.3) is 0 Å². The lowest BCUT2D eigenvalue weighted by molar-refractivity contribution is 1.20. The molecule has 5 nitrogen and oxygen atoms in total.